The SMILES string of the molecule is COc1ccc(Nc2nc(NC3CCCCCC3)nc(N(C)C3CCN(C)CC3)n2)cc1N=O. The molecule has 0 unspecified atom stereocenters. The number of anilines is 4. The first-order chi connectivity index (χ1) is 16.6. The smallest absolute Gasteiger partial charge is 0.233 e. The predicted molar refractivity (Wildman–Crippen MR) is 136 cm³/mol. The van der Waals surface area contributed by atoms with Crippen molar-refractivity contribution in [2.24, 2.45) is 5.18 Å². The van der Waals surface area contributed by atoms with E-state index in [1.165, 1.54) is 32.8 Å². The van der Waals surface area contributed by atoms with Crippen LogP contribution in [0.4, 0.5) is 29.2 Å². The third-order valence-corrected chi connectivity index (χ3v) is 6.90. The molecule has 184 valence electrons. The van der Waals surface area contributed by atoms with Crippen molar-refractivity contribution in [2.45, 2.75) is 63.5 Å². The van der Waals surface area contributed by atoms with Crippen LogP contribution in [-0.2, 0) is 0 Å². The predicted octanol–water partition coefficient (Wildman–Crippen LogP) is 4.69. The van der Waals surface area contributed by atoms with Crippen LogP contribution in [0.3, 0.4) is 0 Å². The molecule has 1 aromatic carbocycles. The van der Waals surface area contributed by atoms with Crippen molar-refractivity contribution in [3.8, 4) is 5.75 Å². The van der Waals surface area contributed by atoms with Crippen LogP contribution < -0.4 is 20.3 Å². The van der Waals surface area contributed by atoms with E-state index >= 15 is 0 Å². The second-order valence-electron chi connectivity index (χ2n) is 9.36. The maximum Gasteiger partial charge on any atom is 0.233 e. The van der Waals surface area contributed by atoms with E-state index in [-0.39, 0.29) is 5.69 Å². The number of ether oxygens (including phenoxy) is 1. The molecule has 0 bridgehead atoms. The van der Waals surface area contributed by atoms with Gasteiger partial charge in [0.2, 0.25) is 17.8 Å². The van der Waals surface area contributed by atoms with E-state index in [4.69, 9.17) is 14.7 Å². The van der Waals surface area contributed by atoms with Crippen LogP contribution in [0.15, 0.2) is 23.4 Å². The summed E-state index contributed by atoms with van der Waals surface area (Å²) in [7, 11) is 5.74. The van der Waals surface area contributed by atoms with Crippen LogP contribution in [0.2, 0.25) is 0 Å². The van der Waals surface area contributed by atoms with E-state index < -0.39 is 0 Å². The Balaban J connectivity index is 1.60. The highest BCUT2D eigenvalue weighted by atomic mass is 16.5. The molecule has 2 aliphatic rings. The Labute approximate surface area is 201 Å². The molecule has 2 fully saturated rings. The van der Waals surface area contributed by atoms with Crippen LogP contribution in [0.5, 0.6) is 5.75 Å². The molecule has 1 aromatic heterocycles. The minimum Gasteiger partial charge on any atom is -0.494 e. The van der Waals surface area contributed by atoms with Crippen molar-refractivity contribution in [2.75, 3.05) is 49.8 Å². The molecule has 1 aliphatic carbocycles. The lowest BCUT2D eigenvalue weighted by atomic mass is 10.0. The Hall–Kier alpha value is -3.01. The summed E-state index contributed by atoms with van der Waals surface area (Å²) in [6.07, 6.45) is 9.42. The first-order valence-electron chi connectivity index (χ1n) is 12.3. The lowest BCUT2D eigenvalue weighted by molar-refractivity contribution is 0.252. The molecule has 1 saturated carbocycles. The lowest BCUT2D eigenvalue weighted by Crippen LogP contribution is -2.42. The summed E-state index contributed by atoms with van der Waals surface area (Å²) >= 11 is 0. The van der Waals surface area contributed by atoms with Gasteiger partial charge in [-0.1, -0.05) is 25.7 Å². The number of rotatable bonds is 8. The maximum atomic E-state index is 11.2. The van der Waals surface area contributed by atoms with E-state index in [0.29, 0.717) is 41.4 Å². The number of nitroso groups, excluding NO2 is 1. The van der Waals surface area contributed by atoms with Gasteiger partial charge in [-0.2, -0.15) is 15.0 Å². The minimum atomic E-state index is 0.224. The Morgan fingerprint density at radius 2 is 1.74 bits per heavy atom. The van der Waals surface area contributed by atoms with Gasteiger partial charge in [0.1, 0.15) is 5.75 Å². The summed E-state index contributed by atoms with van der Waals surface area (Å²) in [5.74, 6) is 2.09. The van der Waals surface area contributed by atoms with Crippen molar-refractivity contribution >= 4 is 29.2 Å². The number of likely N-dealkylation sites (tertiary alicyclic amines) is 1. The van der Waals surface area contributed by atoms with Crippen molar-refractivity contribution in [1.29, 1.82) is 0 Å². The van der Waals surface area contributed by atoms with Crippen molar-refractivity contribution in [1.82, 2.24) is 19.9 Å². The zero-order valence-electron chi connectivity index (χ0n) is 20.5. The third-order valence-electron chi connectivity index (χ3n) is 6.90. The summed E-state index contributed by atoms with van der Waals surface area (Å²) in [5.41, 5.74) is 0.886. The molecular formula is C24H36N8O2. The van der Waals surface area contributed by atoms with Gasteiger partial charge < -0.3 is 25.2 Å². The van der Waals surface area contributed by atoms with E-state index in [9.17, 15) is 4.91 Å². The summed E-state index contributed by atoms with van der Waals surface area (Å²) in [6.45, 7) is 2.12. The second kappa shape index (κ2) is 11.4. The number of methoxy groups -OCH3 is 1. The first-order valence-corrected chi connectivity index (χ1v) is 12.3. The molecule has 0 radical (unpaired) electrons. The zero-order valence-corrected chi connectivity index (χ0v) is 20.5. The van der Waals surface area contributed by atoms with Gasteiger partial charge in [-0.15, -0.1) is 4.91 Å². The Morgan fingerprint density at radius 3 is 2.41 bits per heavy atom. The number of aromatic nitrogens is 3. The van der Waals surface area contributed by atoms with Crippen LogP contribution in [0.1, 0.15) is 51.4 Å². The lowest BCUT2D eigenvalue weighted by Gasteiger charge is -2.35. The molecule has 0 atom stereocenters. The van der Waals surface area contributed by atoms with Gasteiger partial charge in [-0.05, 0) is 69.2 Å². The van der Waals surface area contributed by atoms with Crippen molar-refractivity contribution in [3.63, 3.8) is 0 Å². The topological polar surface area (TPSA) is 108 Å². The van der Waals surface area contributed by atoms with E-state index in [1.807, 2.05) is 6.07 Å². The molecule has 2 aromatic rings. The fourth-order valence-electron chi connectivity index (χ4n) is 4.76. The number of piperidine rings is 1. The van der Waals surface area contributed by atoms with Gasteiger partial charge in [0.15, 0.2) is 5.69 Å². The van der Waals surface area contributed by atoms with Crippen LogP contribution in [-0.4, -0.2) is 66.2 Å². The van der Waals surface area contributed by atoms with Crippen LogP contribution in [0.25, 0.3) is 0 Å². The molecule has 34 heavy (non-hydrogen) atoms. The van der Waals surface area contributed by atoms with Crippen LogP contribution in [0, 0.1) is 4.91 Å². The number of nitrogens with one attached hydrogen (secondary N) is 2. The number of hydrogen-bond acceptors (Lipinski definition) is 10. The molecular weight excluding hydrogens is 432 g/mol. The van der Waals surface area contributed by atoms with E-state index in [1.54, 1.807) is 12.1 Å². The standard InChI is InChI=1S/C24H36N8O2/c1-31-14-12-19(13-15-31)32(2)24-28-22(25-17-8-6-4-5-7-9-17)27-23(29-24)26-18-10-11-21(34-3)20(16-18)30-33/h10-11,16-17,19H,4-9,12-15H2,1-3H3,(H2,25,26,27,28,29). The Kier molecular flexibility index (Phi) is 8.10. The molecule has 1 saturated heterocycles. The average Bonchev–Trinajstić information content (AvgIpc) is 3.12. The highest BCUT2D eigenvalue weighted by Crippen LogP contribution is 2.31. The molecule has 0 amide bonds. The van der Waals surface area contributed by atoms with Gasteiger partial charge in [-0.25, -0.2) is 0 Å². The molecule has 4 rings (SSSR count). The van der Waals surface area contributed by atoms with E-state index in [2.05, 4.69) is 44.7 Å². The van der Waals surface area contributed by atoms with Crippen LogP contribution >= 0.6 is 0 Å². The average molecular weight is 469 g/mol. The van der Waals surface area contributed by atoms with Gasteiger partial charge in [0.05, 0.1) is 7.11 Å². The van der Waals surface area contributed by atoms with Gasteiger partial charge in [0, 0.05) is 24.8 Å². The molecule has 1 aliphatic heterocycles. The third kappa shape index (κ3) is 6.11. The van der Waals surface area contributed by atoms with E-state index in [0.717, 1.165) is 38.8 Å². The Morgan fingerprint density at radius 1 is 1.03 bits per heavy atom. The highest BCUT2D eigenvalue weighted by molar-refractivity contribution is 5.65. The number of hydrogen-bond donors (Lipinski definition) is 2. The van der Waals surface area contributed by atoms with Crippen molar-refractivity contribution in [3.05, 3.63) is 23.1 Å². The second-order valence-corrected chi connectivity index (χ2v) is 9.36. The summed E-state index contributed by atoms with van der Waals surface area (Å²) in [6, 6.07) is 5.90. The fourth-order valence-corrected chi connectivity index (χ4v) is 4.76. The molecule has 10 nitrogen and oxygen atoms in total. The molecule has 2 N–H and O–H groups in total. The number of nitrogens with zero attached hydrogens (tertiary/aromatic N) is 6. The molecule has 10 heteroatoms. The van der Waals surface area contributed by atoms with Crippen molar-refractivity contribution < 1.29 is 4.74 Å². The summed E-state index contributed by atoms with van der Waals surface area (Å²) in [5, 5.41) is 9.87. The minimum absolute atomic E-state index is 0.224. The number of benzene rings is 1. The summed E-state index contributed by atoms with van der Waals surface area (Å²) in [4.78, 5) is 30.0. The molecule has 2 heterocycles. The quantitative estimate of drug-likeness (QED) is 0.421. The van der Waals surface area contributed by atoms with Gasteiger partial charge in [-0.3, -0.25) is 0 Å². The zero-order chi connectivity index (χ0) is 23.9. The highest BCUT2D eigenvalue weighted by Gasteiger charge is 2.24. The Bertz CT molecular complexity index is 956. The fraction of sp³-hybridized carbons (Fsp3) is 0.625. The first kappa shape index (κ1) is 24.1. The summed E-state index contributed by atoms with van der Waals surface area (Å²) < 4.78 is 5.20. The maximum absolute atomic E-state index is 11.2. The van der Waals surface area contributed by atoms with Gasteiger partial charge >= 0.3 is 0 Å². The normalized spacial score (nSPS) is 18.2. The largest absolute Gasteiger partial charge is 0.494 e. The molecule has 0 spiro atoms. The monoisotopic (exact) mass is 468 g/mol. The van der Waals surface area contributed by atoms with Gasteiger partial charge in [0.25, 0.3) is 0 Å².